The maximum atomic E-state index is 13.1. The van der Waals surface area contributed by atoms with Crippen LogP contribution in [0.4, 0.5) is 17.1 Å². The van der Waals surface area contributed by atoms with Gasteiger partial charge < -0.3 is 35.2 Å². The summed E-state index contributed by atoms with van der Waals surface area (Å²) in [7, 11) is 2.19. The molecular weight excluding hydrogens is 564 g/mol. The predicted molar refractivity (Wildman–Crippen MR) is 181 cm³/mol. The molecule has 5 aromatic rings. The Morgan fingerprint density at radius 2 is 1.56 bits per heavy atom. The summed E-state index contributed by atoms with van der Waals surface area (Å²) in [6.45, 7) is 11.1. The van der Waals surface area contributed by atoms with Crippen molar-refractivity contribution in [2.45, 2.75) is 26.8 Å². The van der Waals surface area contributed by atoms with Gasteiger partial charge in [0.2, 0.25) is 0 Å². The minimum Gasteiger partial charge on any atom is -0.507 e. The van der Waals surface area contributed by atoms with E-state index in [4.69, 9.17) is 0 Å². The Labute approximate surface area is 263 Å². The highest BCUT2D eigenvalue weighted by Gasteiger charge is 2.17. The lowest BCUT2D eigenvalue weighted by molar-refractivity contribution is 0.102. The summed E-state index contributed by atoms with van der Waals surface area (Å²) in [4.78, 5) is 22.1. The van der Waals surface area contributed by atoms with Gasteiger partial charge in [-0.25, -0.2) is 0 Å². The third kappa shape index (κ3) is 6.64. The molecule has 1 amide bonds. The largest absolute Gasteiger partial charge is 0.507 e. The zero-order valence-electron chi connectivity index (χ0n) is 26.0. The number of carbonyl (C=O) groups is 1. The SMILES string of the molecule is Cc1c(C)n(CCCN2CCN(C)CC2)c2ccc(Nc3cccc(C(=O)Nc4cc(O)c(-c5ccncc5)c(O)c4)c3)cc12. The second kappa shape index (κ2) is 13.0. The first kappa shape index (κ1) is 30.2. The van der Waals surface area contributed by atoms with Crippen LogP contribution in [-0.2, 0) is 6.54 Å². The van der Waals surface area contributed by atoms with E-state index in [1.54, 1.807) is 36.7 Å². The van der Waals surface area contributed by atoms with Crippen LogP contribution >= 0.6 is 0 Å². The van der Waals surface area contributed by atoms with Crippen molar-refractivity contribution >= 4 is 33.9 Å². The molecule has 3 aromatic carbocycles. The molecule has 9 heteroatoms. The molecule has 1 fully saturated rings. The third-order valence-corrected chi connectivity index (χ3v) is 8.83. The molecule has 9 nitrogen and oxygen atoms in total. The predicted octanol–water partition coefficient (Wildman–Crippen LogP) is 6.36. The summed E-state index contributed by atoms with van der Waals surface area (Å²) < 4.78 is 2.44. The number of aromatic nitrogens is 2. The van der Waals surface area contributed by atoms with Crippen molar-refractivity contribution in [1.82, 2.24) is 19.4 Å². The molecule has 3 heterocycles. The van der Waals surface area contributed by atoms with E-state index in [2.05, 4.69) is 69.1 Å². The molecule has 0 bridgehead atoms. The molecule has 4 N–H and O–H groups in total. The zero-order valence-corrected chi connectivity index (χ0v) is 26.0. The number of likely N-dealkylation sites (N-methyl/N-ethyl adjacent to an activating group) is 1. The summed E-state index contributed by atoms with van der Waals surface area (Å²) in [6, 6.07) is 19.9. The van der Waals surface area contributed by atoms with Crippen molar-refractivity contribution in [2.75, 3.05) is 50.4 Å². The van der Waals surface area contributed by atoms with E-state index in [0.29, 0.717) is 11.1 Å². The number of pyridine rings is 1. The Morgan fingerprint density at radius 1 is 0.844 bits per heavy atom. The molecule has 0 radical (unpaired) electrons. The fraction of sp³-hybridized carbons (Fsp3) is 0.278. The van der Waals surface area contributed by atoms with Crippen LogP contribution in [0.3, 0.4) is 0 Å². The molecular formula is C36H40N6O3. The number of fused-ring (bicyclic) bond motifs is 1. The van der Waals surface area contributed by atoms with Gasteiger partial charge in [0.05, 0.1) is 5.56 Å². The Bertz CT molecular complexity index is 1800. The monoisotopic (exact) mass is 604 g/mol. The van der Waals surface area contributed by atoms with Crippen molar-refractivity contribution in [3.8, 4) is 22.6 Å². The number of aryl methyl sites for hydroxylation is 2. The van der Waals surface area contributed by atoms with Crippen molar-refractivity contribution in [2.24, 2.45) is 0 Å². The van der Waals surface area contributed by atoms with Crippen molar-refractivity contribution in [3.05, 3.63) is 95.9 Å². The number of carbonyl (C=O) groups excluding carboxylic acids is 1. The van der Waals surface area contributed by atoms with Crippen LogP contribution in [0.15, 0.2) is 79.1 Å². The van der Waals surface area contributed by atoms with Crippen molar-refractivity contribution in [3.63, 3.8) is 0 Å². The van der Waals surface area contributed by atoms with E-state index < -0.39 is 0 Å². The molecule has 0 atom stereocenters. The van der Waals surface area contributed by atoms with Gasteiger partial charge in [-0.2, -0.15) is 0 Å². The minimum atomic E-state index is -0.357. The number of anilines is 3. The van der Waals surface area contributed by atoms with Gasteiger partial charge in [0.15, 0.2) is 0 Å². The summed E-state index contributed by atoms with van der Waals surface area (Å²) in [5, 5.41) is 28.6. The number of nitrogens with zero attached hydrogens (tertiary/aromatic N) is 4. The number of rotatable bonds is 9. The lowest BCUT2D eigenvalue weighted by Gasteiger charge is -2.32. The van der Waals surface area contributed by atoms with Crippen LogP contribution in [0.2, 0.25) is 0 Å². The normalized spacial score (nSPS) is 14.1. The number of hydrogen-bond acceptors (Lipinski definition) is 7. The highest BCUT2D eigenvalue weighted by Crippen LogP contribution is 2.39. The van der Waals surface area contributed by atoms with Crippen molar-refractivity contribution in [1.29, 1.82) is 0 Å². The topological polar surface area (TPSA) is 106 Å². The highest BCUT2D eigenvalue weighted by atomic mass is 16.3. The Balaban J connectivity index is 1.13. The summed E-state index contributed by atoms with van der Waals surface area (Å²) in [6.07, 6.45) is 4.29. The van der Waals surface area contributed by atoms with Gasteiger partial charge in [0.25, 0.3) is 5.91 Å². The molecule has 2 aromatic heterocycles. The van der Waals surface area contributed by atoms with E-state index in [9.17, 15) is 15.0 Å². The number of benzene rings is 3. The summed E-state index contributed by atoms with van der Waals surface area (Å²) in [5.74, 6) is -0.641. The van der Waals surface area contributed by atoms with Crippen LogP contribution in [0.5, 0.6) is 11.5 Å². The second-order valence-electron chi connectivity index (χ2n) is 11.9. The highest BCUT2D eigenvalue weighted by molar-refractivity contribution is 6.05. The van der Waals surface area contributed by atoms with Crippen molar-refractivity contribution < 1.29 is 15.0 Å². The second-order valence-corrected chi connectivity index (χ2v) is 11.9. The average molecular weight is 605 g/mol. The lowest BCUT2D eigenvalue weighted by Crippen LogP contribution is -2.44. The Hall–Kier alpha value is -4.86. The third-order valence-electron chi connectivity index (χ3n) is 8.83. The summed E-state index contributed by atoms with van der Waals surface area (Å²) in [5.41, 5.74) is 7.17. The first-order chi connectivity index (χ1) is 21.8. The Morgan fingerprint density at radius 3 is 2.29 bits per heavy atom. The number of phenolic OH excluding ortho intramolecular Hbond substituents is 2. The van der Waals surface area contributed by atoms with E-state index in [-0.39, 0.29) is 28.7 Å². The molecule has 1 aliphatic rings. The van der Waals surface area contributed by atoms with Gasteiger partial charge in [-0.3, -0.25) is 9.78 Å². The number of phenols is 2. The van der Waals surface area contributed by atoms with Gasteiger partial charge in [-0.1, -0.05) is 6.07 Å². The first-order valence-electron chi connectivity index (χ1n) is 15.4. The molecule has 232 valence electrons. The van der Waals surface area contributed by atoms with E-state index in [1.807, 2.05) is 12.1 Å². The van der Waals surface area contributed by atoms with Gasteiger partial charge in [0.1, 0.15) is 11.5 Å². The van der Waals surface area contributed by atoms with E-state index >= 15 is 0 Å². The maximum absolute atomic E-state index is 13.1. The van der Waals surface area contributed by atoms with Gasteiger partial charge in [0, 0.05) is 96.5 Å². The van der Waals surface area contributed by atoms with Gasteiger partial charge in [-0.05, 0) is 93.5 Å². The Kier molecular flexibility index (Phi) is 8.73. The lowest BCUT2D eigenvalue weighted by atomic mass is 10.0. The van der Waals surface area contributed by atoms with Crippen LogP contribution < -0.4 is 10.6 Å². The first-order valence-corrected chi connectivity index (χ1v) is 15.4. The van der Waals surface area contributed by atoms with Gasteiger partial charge in [-0.15, -0.1) is 0 Å². The molecule has 0 aliphatic carbocycles. The molecule has 1 aliphatic heterocycles. The zero-order chi connectivity index (χ0) is 31.5. The summed E-state index contributed by atoms with van der Waals surface area (Å²) >= 11 is 0. The standard InChI is InChI=1S/C36H40N6O3/c1-24-25(2)42(15-5-14-41-18-16-40(3)17-19-41)32-9-8-29(21-31(24)32)38-28-7-4-6-27(20-28)36(45)39-30-22-33(43)35(34(44)23-30)26-10-12-37-13-11-26/h4,6-13,20-23,38,43-44H,5,14-19H2,1-3H3,(H,39,45). The van der Waals surface area contributed by atoms with E-state index in [0.717, 1.165) is 57.1 Å². The average Bonchev–Trinajstić information content (AvgIpc) is 3.26. The number of nitrogens with one attached hydrogen (secondary N) is 2. The fourth-order valence-corrected chi connectivity index (χ4v) is 6.15. The quantitative estimate of drug-likeness (QED) is 0.155. The molecule has 6 rings (SSSR count). The number of hydrogen-bond donors (Lipinski definition) is 4. The minimum absolute atomic E-state index is 0.142. The van der Waals surface area contributed by atoms with Crippen LogP contribution in [0, 0.1) is 13.8 Å². The molecule has 0 saturated carbocycles. The molecule has 1 saturated heterocycles. The molecule has 0 unspecified atom stereocenters. The number of aromatic hydroxyl groups is 2. The number of piperazine rings is 1. The van der Waals surface area contributed by atoms with Crippen LogP contribution in [0.25, 0.3) is 22.0 Å². The number of amides is 1. The van der Waals surface area contributed by atoms with Crippen LogP contribution in [-0.4, -0.2) is 75.2 Å². The van der Waals surface area contributed by atoms with E-state index in [1.165, 1.54) is 34.3 Å². The fourth-order valence-electron chi connectivity index (χ4n) is 6.15. The van der Waals surface area contributed by atoms with Gasteiger partial charge >= 0.3 is 0 Å². The van der Waals surface area contributed by atoms with Crippen LogP contribution in [0.1, 0.15) is 28.0 Å². The smallest absolute Gasteiger partial charge is 0.255 e. The maximum Gasteiger partial charge on any atom is 0.255 e. The molecule has 45 heavy (non-hydrogen) atoms. The molecule has 0 spiro atoms.